The van der Waals surface area contributed by atoms with E-state index in [0.717, 1.165) is 3.57 Å². The number of likely N-dealkylation sites (tertiary alicyclic amines) is 1. The molecule has 17 heavy (non-hydrogen) atoms. The molecule has 0 unspecified atom stereocenters. The molecule has 0 atom stereocenters. The van der Waals surface area contributed by atoms with Crippen molar-refractivity contribution >= 4 is 40.1 Å². The molecule has 2 rings (SSSR count). The molecule has 0 radical (unpaired) electrons. The molecule has 1 aromatic carbocycles. The molecule has 0 aromatic heterocycles. The zero-order chi connectivity index (χ0) is 12.4. The van der Waals surface area contributed by atoms with Gasteiger partial charge in [0.05, 0.1) is 11.1 Å². The smallest absolute Gasteiger partial charge is 0.253 e. The molecule has 1 amide bonds. The standard InChI is InChI=1S/C12H13ClINO2/c13-10-2-1-8(7-11(10)14)12(17)15-5-3-9(16)4-6-15/h1-2,7,9,16H,3-6H2. The fourth-order valence-electron chi connectivity index (χ4n) is 1.88. The Kier molecular flexibility index (Phi) is 4.27. The molecule has 0 spiro atoms. The van der Waals surface area contributed by atoms with Crippen molar-refractivity contribution in [2.75, 3.05) is 13.1 Å². The minimum Gasteiger partial charge on any atom is -0.393 e. The van der Waals surface area contributed by atoms with Crippen LogP contribution in [0.3, 0.4) is 0 Å². The summed E-state index contributed by atoms with van der Waals surface area (Å²) in [5.74, 6) is 0.0199. The normalized spacial score (nSPS) is 17.2. The molecule has 1 heterocycles. The third kappa shape index (κ3) is 3.11. The summed E-state index contributed by atoms with van der Waals surface area (Å²) < 4.78 is 0.882. The van der Waals surface area contributed by atoms with Gasteiger partial charge in [-0.1, -0.05) is 11.6 Å². The molecule has 0 aliphatic carbocycles. The molecule has 5 heteroatoms. The fraction of sp³-hybridized carbons (Fsp3) is 0.417. The second-order valence-electron chi connectivity index (χ2n) is 4.15. The van der Waals surface area contributed by atoms with E-state index in [-0.39, 0.29) is 12.0 Å². The molecule has 92 valence electrons. The number of benzene rings is 1. The average molecular weight is 366 g/mol. The van der Waals surface area contributed by atoms with E-state index in [1.807, 2.05) is 0 Å². The summed E-state index contributed by atoms with van der Waals surface area (Å²) in [4.78, 5) is 14.0. The third-order valence-electron chi connectivity index (χ3n) is 2.92. The van der Waals surface area contributed by atoms with Gasteiger partial charge in [-0.05, 0) is 53.6 Å². The topological polar surface area (TPSA) is 40.5 Å². The van der Waals surface area contributed by atoms with Gasteiger partial charge in [0.15, 0.2) is 0 Å². The van der Waals surface area contributed by atoms with Crippen LogP contribution < -0.4 is 0 Å². The molecule has 1 saturated heterocycles. The predicted molar refractivity (Wildman–Crippen MR) is 75.3 cm³/mol. The van der Waals surface area contributed by atoms with Gasteiger partial charge in [0.1, 0.15) is 0 Å². The largest absolute Gasteiger partial charge is 0.393 e. The van der Waals surface area contributed by atoms with Crippen molar-refractivity contribution in [3.8, 4) is 0 Å². The maximum atomic E-state index is 12.2. The Balaban J connectivity index is 2.11. The summed E-state index contributed by atoms with van der Waals surface area (Å²) in [6, 6.07) is 5.30. The number of piperidine rings is 1. The van der Waals surface area contributed by atoms with Gasteiger partial charge in [0.25, 0.3) is 5.91 Å². The SMILES string of the molecule is O=C(c1ccc(Cl)c(I)c1)N1CCC(O)CC1. The molecule has 1 aliphatic rings. The first kappa shape index (κ1) is 13.1. The summed E-state index contributed by atoms with van der Waals surface area (Å²) >= 11 is 8.04. The molecule has 1 fully saturated rings. The van der Waals surface area contributed by atoms with Crippen LogP contribution in [0.25, 0.3) is 0 Å². The second-order valence-corrected chi connectivity index (χ2v) is 5.72. The summed E-state index contributed by atoms with van der Waals surface area (Å²) in [5.41, 5.74) is 0.662. The zero-order valence-electron chi connectivity index (χ0n) is 9.20. The van der Waals surface area contributed by atoms with E-state index < -0.39 is 0 Å². The van der Waals surface area contributed by atoms with Crippen molar-refractivity contribution in [3.63, 3.8) is 0 Å². The van der Waals surface area contributed by atoms with Crippen LogP contribution >= 0.6 is 34.2 Å². The van der Waals surface area contributed by atoms with E-state index in [9.17, 15) is 9.90 Å². The van der Waals surface area contributed by atoms with E-state index >= 15 is 0 Å². The summed E-state index contributed by atoms with van der Waals surface area (Å²) in [7, 11) is 0. The molecule has 1 aromatic rings. The Hall–Kier alpha value is -0.330. The number of halogens is 2. The number of amides is 1. The van der Waals surface area contributed by atoms with E-state index in [1.54, 1.807) is 23.1 Å². The number of hydrogen-bond acceptors (Lipinski definition) is 2. The zero-order valence-corrected chi connectivity index (χ0v) is 12.1. The highest BCUT2D eigenvalue weighted by Crippen LogP contribution is 2.21. The Morgan fingerprint density at radius 1 is 1.41 bits per heavy atom. The van der Waals surface area contributed by atoms with E-state index in [4.69, 9.17) is 11.6 Å². The quantitative estimate of drug-likeness (QED) is 0.777. The highest BCUT2D eigenvalue weighted by Gasteiger charge is 2.22. The van der Waals surface area contributed by atoms with Gasteiger partial charge in [0.2, 0.25) is 0 Å². The Morgan fingerprint density at radius 3 is 2.65 bits per heavy atom. The lowest BCUT2D eigenvalue weighted by atomic mass is 10.1. The van der Waals surface area contributed by atoms with Crippen LogP contribution in [0.2, 0.25) is 5.02 Å². The number of rotatable bonds is 1. The van der Waals surface area contributed by atoms with Crippen LogP contribution in [-0.2, 0) is 0 Å². The first-order valence-corrected chi connectivity index (χ1v) is 6.96. The Morgan fingerprint density at radius 2 is 2.06 bits per heavy atom. The third-order valence-corrected chi connectivity index (χ3v) is 4.46. The molecule has 1 aliphatic heterocycles. The van der Waals surface area contributed by atoms with Crippen molar-refractivity contribution in [2.24, 2.45) is 0 Å². The lowest BCUT2D eigenvalue weighted by molar-refractivity contribution is 0.0546. The maximum absolute atomic E-state index is 12.2. The van der Waals surface area contributed by atoms with Crippen molar-refractivity contribution in [3.05, 3.63) is 32.4 Å². The molecular formula is C12H13ClINO2. The van der Waals surface area contributed by atoms with Gasteiger partial charge >= 0.3 is 0 Å². The van der Waals surface area contributed by atoms with Gasteiger partial charge in [-0.25, -0.2) is 0 Å². The van der Waals surface area contributed by atoms with Crippen molar-refractivity contribution in [1.82, 2.24) is 4.90 Å². The highest BCUT2D eigenvalue weighted by molar-refractivity contribution is 14.1. The van der Waals surface area contributed by atoms with Crippen LogP contribution in [-0.4, -0.2) is 35.1 Å². The van der Waals surface area contributed by atoms with Crippen LogP contribution in [0.4, 0.5) is 0 Å². The summed E-state index contributed by atoms with van der Waals surface area (Å²) in [6.07, 6.45) is 1.07. The predicted octanol–water partition coefficient (Wildman–Crippen LogP) is 2.54. The number of aliphatic hydroxyl groups is 1. The minimum absolute atomic E-state index is 0.0199. The van der Waals surface area contributed by atoms with Gasteiger partial charge in [0, 0.05) is 22.2 Å². The molecule has 3 nitrogen and oxygen atoms in total. The van der Waals surface area contributed by atoms with Crippen LogP contribution in [0.1, 0.15) is 23.2 Å². The number of nitrogens with zero attached hydrogens (tertiary/aromatic N) is 1. The highest BCUT2D eigenvalue weighted by atomic mass is 127. The number of carbonyl (C=O) groups excluding carboxylic acids is 1. The fourth-order valence-corrected chi connectivity index (χ4v) is 2.51. The number of aliphatic hydroxyl groups excluding tert-OH is 1. The van der Waals surface area contributed by atoms with E-state index in [0.29, 0.717) is 36.5 Å². The molecular weight excluding hydrogens is 352 g/mol. The van der Waals surface area contributed by atoms with Crippen molar-refractivity contribution in [2.45, 2.75) is 18.9 Å². The summed E-state index contributed by atoms with van der Waals surface area (Å²) in [6.45, 7) is 1.25. The summed E-state index contributed by atoms with van der Waals surface area (Å²) in [5, 5.41) is 10.1. The van der Waals surface area contributed by atoms with Crippen LogP contribution in [0.5, 0.6) is 0 Å². The van der Waals surface area contributed by atoms with E-state index in [1.165, 1.54) is 0 Å². The minimum atomic E-state index is -0.260. The number of carbonyl (C=O) groups is 1. The first-order valence-electron chi connectivity index (χ1n) is 5.50. The Labute approximate surface area is 119 Å². The van der Waals surface area contributed by atoms with Gasteiger partial charge in [-0.15, -0.1) is 0 Å². The first-order chi connectivity index (χ1) is 8.08. The number of hydrogen-bond donors (Lipinski definition) is 1. The van der Waals surface area contributed by atoms with E-state index in [2.05, 4.69) is 22.6 Å². The van der Waals surface area contributed by atoms with Gasteiger partial charge in [-0.2, -0.15) is 0 Å². The van der Waals surface area contributed by atoms with Crippen molar-refractivity contribution in [1.29, 1.82) is 0 Å². The average Bonchev–Trinajstić information content (AvgIpc) is 2.33. The van der Waals surface area contributed by atoms with Crippen LogP contribution in [0.15, 0.2) is 18.2 Å². The second kappa shape index (κ2) is 5.54. The molecule has 0 saturated carbocycles. The van der Waals surface area contributed by atoms with Crippen LogP contribution in [0, 0.1) is 3.57 Å². The molecule has 0 bridgehead atoms. The maximum Gasteiger partial charge on any atom is 0.253 e. The lowest BCUT2D eigenvalue weighted by Gasteiger charge is -2.29. The monoisotopic (exact) mass is 365 g/mol. The van der Waals surface area contributed by atoms with Gasteiger partial charge < -0.3 is 10.0 Å². The van der Waals surface area contributed by atoms with Gasteiger partial charge in [-0.3, -0.25) is 4.79 Å². The lowest BCUT2D eigenvalue weighted by Crippen LogP contribution is -2.40. The van der Waals surface area contributed by atoms with Crippen molar-refractivity contribution < 1.29 is 9.90 Å². The molecule has 1 N–H and O–H groups in total. The Bertz CT molecular complexity index is 431.